The number of hydrogen-bond acceptors (Lipinski definition) is 4. The van der Waals surface area contributed by atoms with E-state index in [1.54, 1.807) is 11.4 Å². The van der Waals surface area contributed by atoms with Gasteiger partial charge in [-0.3, -0.25) is 4.79 Å². The topological polar surface area (TPSA) is 89.6 Å². The minimum atomic E-state index is -1.03. The van der Waals surface area contributed by atoms with Crippen molar-refractivity contribution in [3.8, 4) is 5.75 Å². The van der Waals surface area contributed by atoms with E-state index < -0.39 is 17.7 Å². The normalized spacial score (nSPS) is 10.2. The lowest BCUT2D eigenvalue weighted by Crippen LogP contribution is -2.13. The maximum Gasteiger partial charge on any atom is 0.346 e. The number of carbonyl (C=O) groups is 2. The zero-order valence-corrected chi connectivity index (χ0v) is 10.9. The minimum absolute atomic E-state index is 0.000488. The number of ether oxygens (including phenoxy) is 1. The lowest BCUT2D eigenvalue weighted by Gasteiger charge is -2.07. The zero-order valence-electron chi connectivity index (χ0n) is 10.1. The van der Waals surface area contributed by atoms with Crippen molar-refractivity contribution < 1.29 is 23.8 Å². The fraction of sp³-hybridized carbons (Fsp3) is 0.0769. The molecule has 0 spiro atoms. The number of nitrogens with two attached hydrogens (primary N) is 1. The highest BCUT2D eigenvalue weighted by Crippen LogP contribution is 2.21. The molecule has 1 heterocycles. The van der Waals surface area contributed by atoms with Crippen LogP contribution in [0, 0.1) is 5.82 Å². The Balaban J connectivity index is 2.11. The third-order valence-corrected chi connectivity index (χ3v) is 3.49. The zero-order chi connectivity index (χ0) is 14.7. The first-order valence-electron chi connectivity index (χ1n) is 5.51. The van der Waals surface area contributed by atoms with E-state index in [9.17, 15) is 14.0 Å². The van der Waals surface area contributed by atoms with Crippen molar-refractivity contribution in [2.75, 3.05) is 0 Å². The first-order valence-corrected chi connectivity index (χ1v) is 6.39. The Bertz CT molecular complexity index is 668. The standard InChI is InChI=1S/C13H10FNO4S/c14-10-5-8(1-2-9(10)12(15)16)19-6-7-3-4-20-11(7)13(17)18/h1-5H,6H2,(H2,15,16)(H,17,18). The van der Waals surface area contributed by atoms with E-state index in [0.29, 0.717) is 5.56 Å². The Kier molecular flexibility index (Phi) is 3.99. The molecule has 104 valence electrons. The molecule has 1 amide bonds. The molecule has 1 aromatic heterocycles. The SMILES string of the molecule is NC(=O)c1ccc(OCc2ccsc2C(=O)O)cc1F. The summed E-state index contributed by atoms with van der Waals surface area (Å²) in [6, 6.07) is 5.28. The van der Waals surface area contributed by atoms with Crippen LogP contribution in [0.2, 0.25) is 0 Å². The summed E-state index contributed by atoms with van der Waals surface area (Å²) >= 11 is 1.09. The molecule has 0 saturated carbocycles. The first kappa shape index (κ1) is 14.0. The second-order valence-corrected chi connectivity index (χ2v) is 4.79. The molecule has 2 rings (SSSR count). The van der Waals surface area contributed by atoms with Crippen LogP contribution in [0.4, 0.5) is 4.39 Å². The lowest BCUT2D eigenvalue weighted by molar-refractivity contribution is 0.0699. The second kappa shape index (κ2) is 5.70. The fourth-order valence-corrected chi connectivity index (χ4v) is 2.33. The van der Waals surface area contributed by atoms with E-state index >= 15 is 0 Å². The Morgan fingerprint density at radius 2 is 2.10 bits per heavy atom. The van der Waals surface area contributed by atoms with Crippen LogP contribution in [0.5, 0.6) is 5.75 Å². The highest BCUT2D eigenvalue weighted by atomic mass is 32.1. The molecule has 0 aliphatic rings. The average Bonchev–Trinajstić information content (AvgIpc) is 2.84. The summed E-state index contributed by atoms with van der Waals surface area (Å²) in [6.07, 6.45) is 0. The quantitative estimate of drug-likeness (QED) is 0.885. The molecule has 0 aliphatic heterocycles. The fourth-order valence-electron chi connectivity index (χ4n) is 1.58. The molecule has 0 fully saturated rings. The van der Waals surface area contributed by atoms with Crippen LogP contribution in [0.25, 0.3) is 0 Å². The van der Waals surface area contributed by atoms with Gasteiger partial charge in [-0.25, -0.2) is 9.18 Å². The molecule has 3 N–H and O–H groups in total. The summed E-state index contributed by atoms with van der Waals surface area (Å²) in [5.74, 6) is -2.48. The van der Waals surface area contributed by atoms with E-state index in [1.807, 2.05) is 0 Å². The van der Waals surface area contributed by atoms with E-state index in [4.69, 9.17) is 15.6 Å². The molecule has 0 saturated heterocycles. The minimum Gasteiger partial charge on any atom is -0.489 e. The molecular weight excluding hydrogens is 285 g/mol. The van der Waals surface area contributed by atoms with Gasteiger partial charge in [-0.2, -0.15) is 0 Å². The molecular formula is C13H10FNO4S. The van der Waals surface area contributed by atoms with Gasteiger partial charge < -0.3 is 15.6 Å². The van der Waals surface area contributed by atoms with Crippen LogP contribution in [0.3, 0.4) is 0 Å². The third-order valence-electron chi connectivity index (χ3n) is 2.54. The van der Waals surface area contributed by atoms with Crippen molar-refractivity contribution in [1.29, 1.82) is 0 Å². The van der Waals surface area contributed by atoms with E-state index in [1.165, 1.54) is 12.1 Å². The molecule has 2 aromatic rings. The van der Waals surface area contributed by atoms with E-state index in [2.05, 4.69) is 0 Å². The lowest BCUT2D eigenvalue weighted by atomic mass is 10.2. The molecule has 0 atom stereocenters. The largest absolute Gasteiger partial charge is 0.489 e. The monoisotopic (exact) mass is 295 g/mol. The Morgan fingerprint density at radius 3 is 2.70 bits per heavy atom. The summed E-state index contributed by atoms with van der Waals surface area (Å²) in [4.78, 5) is 22.0. The number of amides is 1. The number of aromatic carboxylic acids is 1. The summed E-state index contributed by atoms with van der Waals surface area (Å²) in [6.45, 7) is 0.000488. The Labute approximate surface area is 117 Å². The molecule has 0 aliphatic carbocycles. The van der Waals surface area contributed by atoms with Crippen LogP contribution >= 0.6 is 11.3 Å². The van der Waals surface area contributed by atoms with Gasteiger partial charge in [0.15, 0.2) is 0 Å². The van der Waals surface area contributed by atoms with Crippen LogP contribution < -0.4 is 10.5 Å². The Morgan fingerprint density at radius 1 is 1.35 bits per heavy atom. The van der Waals surface area contributed by atoms with Crippen LogP contribution in [-0.4, -0.2) is 17.0 Å². The number of primary amides is 1. The smallest absolute Gasteiger partial charge is 0.346 e. The molecule has 1 aromatic carbocycles. The van der Waals surface area contributed by atoms with Crippen LogP contribution in [0.1, 0.15) is 25.6 Å². The molecule has 20 heavy (non-hydrogen) atoms. The predicted octanol–water partition coefficient (Wildman–Crippen LogP) is 2.26. The van der Waals surface area contributed by atoms with Crippen molar-refractivity contribution in [2.24, 2.45) is 5.73 Å². The highest BCUT2D eigenvalue weighted by Gasteiger charge is 2.13. The number of halogens is 1. The van der Waals surface area contributed by atoms with Gasteiger partial charge in [-0.05, 0) is 23.6 Å². The van der Waals surface area contributed by atoms with E-state index in [0.717, 1.165) is 17.4 Å². The van der Waals surface area contributed by atoms with Gasteiger partial charge in [0.05, 0.1) is 5.56 Å². The van der Waals surface area contributed by atoms with Crippen molar-refractivity contribution in [3.63, 3.8) is 0 Å². The van der Waals surface area contributed by atoms with Crippen LogP contribution in [0.15, 0.2) is 29.6 Å². The number of carboxylic acid groups (broad SMARTS) is 1. The van der Waals surface area contributed by atoms with Gasteiger partial charge in [-0.15, -0.1) is 11.3 Å². The highest BCUT2D eigenvalue weighted by molar-refractivity contribution is 7.12. The number of hydrogen-bond donors (Lipinski definition) is 2. The number of carbonyl (C=O) groups excluding carboxylic acids is 1. The molecule has 0 bridgehead atoms. The van der Waals surface area contributed by atoms with Gasteiger partial charge in [0.2, 0.25) is 0 Å². The summed E-state index contributed by atoms with van der Waals surface area (Å²) in [5, 5.41) is 10.6. The van der Waals surface area contributed by atoms with Crippen LogP contribution in [-0.2, 0) is 6.61 Å². The van der Waals surface area contributed by atoms with E-state index in [-0.39, 0.29) is 22.8 Å². The molecule has 0 unspecified atom stereocenters. The van der Waals surface area contributed by atoms with Crippen molar-refractivity contribution in [2.45, 2.75) is 6.61 Å². The van der Waals surface area contributed by atoms with Crippen molar-refractivity contribution in [1.82, 2.24) is 0 Å². The molecule has 7 heteroatoms. The number of rotatable bonds is 5. The molecule has 5 nitrogen and oxygen atoms in total. The summed E-state index contributed by atoms with van der Waals surface area (Å²) in [5.41, 5.74) is 5.26. The summed E-state index contributed by atoms with van der Waals surface area (Å²) < 4.78 is 18.8. The average molecular weight is 295 g/mol. The maximum atomic E-state index is 13.5. The predicted molar refractivity (Wildman–Crippen MR) is 70.5 cm³/mol. The third kappa shape index (κ3) is 2.94. The summed E-state index contributed by atoms with van der Waals surface area (Å²) in [7, 11) is 0. The maximum absolute atomic E-state index is 13.5. The second-order valence-electron chi connectivity index (χ2n) is 3.87. The van der Waals surface area contributed by atoms with Gasteiger partial charge in [0.1, 0.15) is 23.1 Å². The Hall–Kier alpha value is -2.41. The van der Waals surface area contributed by atoms with Gasteiger partial charge >= 0.3 is 5.97 Å². The first-order chi connectivity index (χ1) is 9.49. The van der Waals surface area contributed by atoms with Gasteiger partial charge in [-0.1, -0.05) is 0 Å². The number of thiophene rings is 1. The number of benzene rings is 1. The van der Waals surface area contributed by atoms with Crippen molar-refractivity contribution in [3.05, 3.63) is 51.5 Å². The van der Waals surface area contributed by atoms with Gasteiger partial charge in [0.25, 0.3) is 5.91 Å². The van der Waals surface area contributed by atoms with Crippen molar-refractivity contribution >= 4 is 23.2 Å². The molecule has 0 radical (unpaired) electrons. The number of carboxylic acids is 1. The van der Waals surface area contributed by atoms with Gasteiger partial charge in [0, 0.05) is 11.6 Å².